The van der Waals surface area contributed by atoms with E-state index in [-0.39, 0.29) is 6.61 Å². The highest BCUT2D eigenvalue weighted by atomic mass is 16.6. The van der Waals surface area contributed by atoms with Gasteiger partial charge in [-0.3, -0.25) is 9.59 Å². The van der Waals surface area contributed by atoms with Crippen molar-refractivity contribution in [1.29, 1.82) is 0 Å². The fourth-order valence-corrected chi connectivity index (χ4v) is 2.14. The fraction of sp³-hybridized carbons (Fsp3) is 0.200. The van der Waals surface area contributed by atoms with E-state index in [1.54, 1.807) is 13.0 Å². The predicted octanol–water partition coefficient (Wildman–Crippen LogP) is 3.94. The van der Waals surface area contributed by atoms with Crippen molar-refractivity contribution in [3.63, 3.8) is 0 Å². The summed E-state index contributed by atoms with van der Waals surface area (Å²) >= 11 is 0. The first-order valence-electron chi connectivity index (χ1n) is 7.82. The Morgan fingerprint density at radius 2 is 1.58 bits per heavy atom. The van der Waals surface area contributed by atoms with Gasteiger partial charge in [0.05, 0.1) is 6.61 Å². The summed E-state index contributed by atoms with van der Waals surface area (Å²) in [6, 6.07) is 19.1. The van der Waals surface area contributed by atoms with Crippen LogP contribution in [0.1, 0.15) is 30.6 Å². The number of hydrogen-bond donors (Lipinski definition) is 0. The lowest BCUT2D eigenvalue weighted by Gasteiger charge is -2.14. The van der Waals surface area contributed by atoms with Crippen molar-refractivity contribution in [2.75, 3.05) is 6.61 Å². The summed E-state index contributed by atoms with van der Waals surface area (Å²) in [5.74, 6) is -1.19. The molecule has 0 heterocycles. The van der Waals surface area contributed by atoms with Gasteiger partial charge in [0, 0.05) is 0 Å². The van der Waals surface area contributed by atoms with Gasteiger partial charge in [0.1, 0.15) is 12.5 Å². The van der Waals surface area contributed by atoms with Crippen LogP contribution in [-0.4, -0.2) is 18.5 Å². The number of benzene rings is 2. The van der Waals surface area contributed by atoms with Crippen molar-refractivity contribution in [1.82, 2.24) is 0 Å². The molecule has 4 nitrogen and oxygen atoms in total. The van der Waals surface area contributed by atoms with E-state index < -0.39 is 24.5 Å². The van der Waals surface area contributed by atoms with Gasteiger partial charge in [-0.1, -0.05) is 66.7 Å². The van der Waals surface area contributed by atoms with Crippen LogP contribution in [0.5, 0.6) is 0 Å². The third kappa shape index (κ3) is 5.72. The topological polar surface area (TPSA) is 52.6 Å². The van der Waals surface area contributed by atoms with Crippen molar-refractivity contribution in [2.45, 2.75) is 19.4 Å². The third-order valence-electron chi connectivity index (χ3n) is 3.24. The quantitative estimate of drug-likeness (QED) is 0.572. The average Bonchev–Trinajstić information content (AvgIpc) is 2.60. The molecule has 0 amide bonds. The Morgan fingerprint density at radius 1 is 0.958 bits per heavy atom. The second kappa shape index (κ2) is 9.30. The summed E-state index contributed by atoms with van der Waals surface area (Å²) in [4.78, 5) is 23.4. The molecule has 124 valence electrons. The first kappa shape index (κ1) is 17.5. The first-order valence-corrected chi connectivity index (χ1v) is 7.82. The molecule has 2 rings (SSSR count). The van der Waals surface area contributed by atoms with E-state index in [0.717, 1.165) is 11.1 Å². The van der Waals surface area contributed by atoms with E-state index in [0.29, 0.717) is 0 Å². The Balaban J connectivity index is 2.10. The van der Waals surface area contributed by atoms with E-state index in [2.05, 4.69) is 0 Å². The second-order valence-corrected chi connectivity index (χ2v) is 5.07. The number of carbonyl (C=O) groups is 2. The highest BCUT2D eigenvalue weighted by Crippen LogP contribution is 2.21. The van der Waals surface area contributed by atoms with Gasteiger partial charge in [-0.15, -0.1) is 0 Å². The SMILES string of the molecule is CCOC(=O)CC(=O)OC(/C=C/c1ccccc1)c1ccccc1. The molecule has 4 heteroatoms. The molecule has 0 fully saturated rings. The molecule has 0 saturated carbocycles. The maximum absolute atomic E-state index is 12.0. The highest BCUT2D eigenvalue weighted by molar-refractivity contribution is 5.91. The summed E-state index contributed by atoms with van der Waals surface area (Å²) in [5, 5.41) is 0. The Bertz CT molecular complexity index is 677. The molecule has 0 saturated heterocycles. The molecule has 0 aliphatic carbocycles. The molecule has 0 aliphatic rings. The van der Waals surface area contributed by atoms with E-state index in [1.165, 1.54) is 0 Å². The summed E-state index contributed by atoms with van der Waals surface area (Å²) < 4.78 is 10.2. The van der Waals surface area contributed by atoms with Gasteiger partial charge in [0.15, 0.2) is 0 Å². The minimum Gasteiger partial charge on any atom is -0.466 e. The zero-order chi connectivity index (χ0) is 17.2. The van der Waals surface area contributed by atoms with Crippen molar-refractivity contribution in [3.05, 3.63) is 77.9 Å². The largest absolute Gasteiger partial charge is 0.466 e. The van der Waals surface area contributed by atoms with Crippen molar-refractivity contribution < 1.29 is 19.1 Å². The lowest BCUT2D eigenvalue weighted by atomic mass is 10.1. The molecular weight excluding hydrogens is 304 g/mol. The molecule has 0 N–H and O–H groups in total. The molecule has 0 aromatic heterocycles. The molecule has 2 aromatic rings. The monoisotopic (exact) mass is 324 g/mol. The van der Waals surface area contributed by atoms with Crippen LogP contribution in [0.3, 0.4) is 0 Å². The molecule has 1 unspecified atom stereocenters. The van der Waals surface area contributed by atoms with Gasteiger partial charge in [-0.2, -0.15) is 0 Å². The van der Waals surface area contributed by atoms with E-state index >= 15 is 0 Å². The maximum Gasteiger partial charge on any atom is 0.318 e. The zero-order valence-corrected chi connectivity index (χ0v) is 13.6. The number of hydrogen-bond acceptors (Lipinski definition) is 4. The minimum absolute atomic E-state index is 0.238. The fourth-order valence-electron chi connectivity index (χ4n) is 2.14. The van der Waals surface area contributed by atoms with E-state index in [1.807, 2.05) is 66.7 Å². The highest BCUT2D eigenvalue weighted by Gasteiger charge is 2.17. The average molecular weight is 324 g/mol. The van der Waals surface area contributed by atoms with Crippen molar-refractivity contribution in [2.24, 2.45) is 0 Å². The van der Waals surface area contributed by atoms with Gasteiger partial charge in [0.25, 0.3) is 0 Å². The Kier molecular flexibility index (Phi) is 6.77. The summed E-state index contributed by atoms with van der Waals surface area (Å²) in [6.07, 6.45) is 2.73. The lowest BCUT2D eigenvalue weighted by Crippen LogP contribution is -2.16. The smallest absolute Gasteiger partial charge is 0.318 e. The molecule has 2 aromatic carbocycles. The van der Waals surface area contributed by atoms with Gasteiger partial charge in [-0.25, -0.2) is 0 Å². The van der Waals surface area contributed by atoms with Gasteiger partial charge < -0.3 is 9.47 Å². The van der Waals surface area contributed by atoms with Gasteiger partial charge in [-0.05, 0) is 24.1 Å². The van der Waals surface area contributed by atoms with Crippen molar-refractivity contribution >= 4 is 18.0 Å². The molecule has 24 heavy (non-hydrogen) atoms. The van der Waals surface area contributed by atoms with Crippen LogP contribution in [0.25, 0.3) is 6.08 Å². The number of rotatable bonds is 7. The van der Waals surface area contributed by atoms with Crippen LogP contribution in [0.15, 0.2) is 66.7 Å². The van der Waals surface area contributed by atoms with E-state index in [9.17, 15) is 9.59 Å². The second-order valence-electron chi connectivity index (χ2n) is 5.07. The van der Waals surface area contributed by atoms with Crippen LogP contribution in [0.4, 0.5) is 0 Å². The standard InChI is InChI=1S/C20H20O4/c1-2-23-19(21)15-20(22)24-18(17-11-7-4-8-12-17)14-13-16-9-5-3-6-10-16/h3-14,18H,2,15H2,1H3/b14-13+. The van der Waals surface area contributed by atoms with E-state index in [4.69, 9.17) is 9.47 Å². The molecule has 1 atom stereocenters. The molecule has 0 radical (unpaired) electrons. The van der Waals surface area contributed by atoms with Crippen LogP contribution in [0, 0.1) is 0 Å². The lowest BCUT2D eigenvalue weighted by molar-refractivity contribution is -0.156. The number of carbonyl (C=O) groups excluding carboxylic acids is 2. The normalized spacial score (nSPS) is 11.9. The molecule has 0 bridgehead atoms. The molecule has 0 aliphatic heterocycles. The third-order valence-corrected chi connectivity index (χ3v) is 3.24. The van der Waals surface area contributed by atoms with Crippen LogP contribution < -0.4 is 0 Å². The summed E-state index contributed by atoms with van der Waals surface area (Å²) in [6.45, 7) is 1.93. The number of ether oxygens (including phenoxy) is 2. The van der Waals surface area contributed by atoms with Gasteiger partial charge in [0.2, 0.25) is 0 Å². The Hall–Kier alpha value is -2.88. The number of esters is 2. The zero-order valence-electron chi connectivity index (χ0n) is 13.6. The summed E-state index contributed by atoms with van der Waals surface area (Å²) in [5.41, 5.74) is 1.83. The minimum atomic E-state index is -0.611. The summed E-state index contributed by atoms with van der Waals surface area (Å²) in [7, 11) is 0. The maximum atomic E-state index is 12.0. The van der Waals surface area contributed by atoms with Crippen LogP contribution >= 0.6 is 0 Å². The van der Waals surface area contributed by atoms with Crippen LogP contribution in [0.2, 0.25) is 0 Å². The molecule has 0 spiro atoms. The predicted molar refractivity (Wildman–Crippen MR) is 92.0 cm³/mol. The van der Waals surface area contributed by atoms with Gasteiger partial charge >= 0.3 is 11.9 Å². The first-order chi connectivity index (χ1) is 11.7. The Morgan fingerprint density at radius 3 is 2.21 bits per heavy atom. The Labute approximate surface area is 141 Å². The molecular formula is C20H20O4. The van der Waals surface area contributed by atoms with Crippen molar-refractivity contribution in [3.8, 4) is 0 Å². The van der Waals surface area contributed by atoms with Crippen LogP contribution in [-0.2, 0) is 19.1 Å².